The molecule has 25 heavy (non-hydrogen) atoms. The maximum Gasteiger partial charge on any atom is 0.292 e. The van der Waals surface area contributed by atoms with Gasteiger partial charge in [-0.3, -0.25) is 4.79 Å². The van der Waals surface area contributed by atoms with Gasteiger partial charge in [0.05, 0.1) is 18.4 Å². The van der Waals surface area contributed by atoms with Crippen molar-refractivity contribution in [1.29, 1.82) is 0 Å². The first-order valence-corrected chi connectivity index (χ1v) is 8.49. The molecule has 134 valence electrons. The van der Waals surface area contributed by atoms with Gasteiger partial charge in [0, 0.05) is 39.4 Å². The third-order valence-electron chi connectivity index (χ3n) is 4.29. The van der Waals surface area contributed by atoms with Crippen LogP contribution in [0.25, 0.3) is 0 Å². The minimum Gasteiger partial charge on any atom is -0.375 e. The molecule has 0 N–H and O–H groups in total. The number of aryl methyl sites for hydroxylation is 2. The molecule has 0 saturated carbocycles. The number of hydrogen-bond donors (Lipinski definition) is 0. The SMILES string of the molecule is Cc1cc(C(=O)N2CCO[C@H](CCc3ccnc(N(C)C)c3)C2)on1. The van der Waals surface area contributed by atoms with Crippen molar-refractivity contribution < 1.29 is 14.1 Å². The van der Waals surface area contributed by atoms with E-state index in [1.807, 2.05) is 31.3 Å². The fraction of sp³-hybridized carbons (Fsp3) is 0.500. The van der Waals surface area contributed by atoms with Gasteiger partial charge in [-0.25, -0.2) is 4.98 Å². The summed E-state index contributed by atoms with van der Waals surface area (Å²) < 4.78 is 10.9. The minimum atomic E-state index is -0.118. The molecule has 2 aromatic rings. The van der Waals surface area contributed by atoms with Crippen LogP contribution in [0.2, 0.25) is 0 Å². The molecule has 1 aliphatic heterocycles. The number of nitrogens with zero attached hydrogens (tertiary/aromatic N) is 4. The normalized spacial score (nSPS) is 17.6. The lowest BCUT2D eigenvalue weighted by molar-refractivity contribution is -0.0257. The van der Waals surface area contributed by atoms with Crippen LogP contribution in [-0.4, -0.2) is 60.8 Å². The predicted molar refractivity (Wildman–Crippen MR) is 93.8 cm³/mol. The summed E-state index contributed by atoms with van der Waals surface area (Å²) in [5.74, 6) is 1.12. The number of rotatable bonds is 5. The van der Waals surface area contributed by atoms with Crippen LogP contribution < -0.4 is 4.90 Å². The first-order valence-electron chi connectivity index (χ1n) is 8.49. The van der Waals surface area contributed by atoms with Gasteiger partial charge < -0.3 is 19.1 Å². The van der Waals surface area contributed by atoms with Gasteiger partial charge in [0.25, 0.3) is 5.91 Å². The average molecular weight is 344 g/mol. The van der Waals surface area contributed by atoms with Crippen LogP contribution in [-0.2, 0) is 11.2 Å². The van der Waals surface area contributed by atoms with Crippen molar-refractivity contribution in [2.45, 2.75) is 25.9 Å². The maximum absolute atomic E-state index is 12.5. The van der Waals surface area contributed by atoms with Gasteiger partial charge in [0.15, 0.2) is 0 Å². The molecule has 7 nitrogen and oxygen atoms in total. The quantitative estimate of drug-likeness (QED) is 0.825. The number of anilines is 1. The van der Waals surface area contributed by atoms with Gasteiger partial charge in [-0.1, -0.05) is 5.16 Å². The third kappa shape index (κ3) is 4.36. The Balaban J connectivity index is 1.57. The van der Waals surface area contributed by atoms with Crippen molar-refractivity contribution in [3.8, 4) is 0 Å². The number of ether oxygens (including phenoxy) is 1. The summed E-state index contributed by atoms with van der Waals surface area (Å²) in [7, 11) is 3.95. The summed E-state index contributed by atoms with van der Waals surface area (Å²) in [5, 5.41) is 3.79. The minimum absolute atomic E-state index is 0.0256. The van der Waals surface area contributed by atoms with E-state index in [2.05, 4.69) is 16.2 Å². The molecular formula is C18H24N4O3. The van der Waals surface area contributed by atoms with Crippen LogP contribution >= 0.6 is 0 Å². The zero-order valence-electron chi connectivity index (χ0n) is 14.9. The highest BCUT2D eigenvalue weighted by Crippen LogP contribution is 2.17. The molecule has 3 rings (SSSR count). The van der Waals surface area contributed by atoms with E-state index in [0.29, 0.717) is 31.2 Å². The number of pyridine rings is 1. The van der Waals surface area contributed by atoms with Crippen LogP contribution in [0.3, 0.4) is 0 Å². The molecule has 1 saturated heterocycles. The lowest BCUT2D eigenvalue weighted by Crippen LogP contribution is -2.45. The Kier molecular flexibility index (Phi) is 5.33. The van der Waals surface area contributed by atoms with Crippen molar-refractivity contribution in [3.05, 3.63) is 41.4 Å². The second-order valence-corrected chi connectivity index (χ2v) is 6.53. The lowest BCUT2D eigenvalue weighted by atomic mass is 10.1. The summed E-state index contributed by atoms with van der Waals surface area (Å²) in [4.78, 5) is 20.6. The van der Waals surface area contributed by atoms with Crippen LogP contribution in [0.4, 0.5) is 5.82 Å². The molecule has 1 fully saturated rings. The fourth-order valence-corrected chi connectivity index (χ4v) is 2.89. The van der Waals surface area contributed by atoms with E-state index in [9.17, 15) is 4.79 Å². The van der Waals surface area contributed by atoms with Crippen LogP contribution in [0.1, 0.15) is 28.2 Å². The number of hydrogen-bond acceptors (Lipinski definition) is 6. The van der Waals surface area contributed by atoms with E-state index >= 15 is 0 Å². The second-order valence-electron chi connectivity index (χ2n) is 6.53. The Labute approximate surface area is 147 Å². The topological polar surface area (TPSA) is 71.7 Å². The number of morpholine rings is 1. The summed E-state index contributed by atoms with van der Waals surface area (Å²) in [5.41, 5.74) is 1.93. The van der Waals surface area contributed by atoms with Gasteiger partial charge in [-0.05, 0) is 37.5 Å². The first-order chi connectivity index (χ1) is 12.0. The largest absolute Gasteiger partial charge is 0.375 e. The lowest BCUT2D eigenvalue weighted by Gasteiger charge is -2.32. The maximum atomic E-state index is 12.5. The van der Waals surface area contributed by atoms with Crippen LogP contribution in [0.5, 0.6) is 0 Å². The van der Waals surface area contributed by atoms with Crippen molar-refractivity contribution in [1.82, 2.24) is 15.0 Å². The Morgan fingerprint density at radius 1 is 1.40 bits per heavy atom. The van der Waals surface area contributed by atoms with Gasteiger partial charge in [0.1, 0.15) is 5.82 Å². The number of carbonyl (C=O) groups is 1. The van der Waals surface area contributed by atoms with Gasteiger partial charge in [-0.15, -0.1) is 0 Å². The van der Waals surface area contributed by atoms with Crippen LogP contribution in [0, 0.1) is 6.92 Å². The molecule has 1 amide bonds. The highest BCUT2D eigenvalue weighted by atomic mass is 16.5. The van der Waals surface area contributed by atoms with Crippen molar-refractivity contribution in [3.63, 3.8) is 0 Å². The summed E-state index contributed by atoms with van der Waals surface area (Å²) in [6, 6.07) is 5.78. The van der Waals surface area contributed by atoms with Crippen molar-refractivity contribution >= 4 is 11.7 Å². The van der Waals surface area contributed by atoms with E-state index in [4.69, 9.17) is 9.26 Å². The molecule has 3 heterocycles. The van der Waals surface area contributed by atoms with E-state index in [1.165, 1.54) is 5.56 Å². The molecule has 7 heteroatoms. The molecular weight excluding hydrogens is 320 g/mol. The predicted octanol–water partition coefficient (Wildman–Crippen LogP) is 1.92. The summed E-state index contributed by atoms with van der Waals surface area (Å²) in [6.45, 7) is 3.50. The Bertz CT molecular complexity index is 729. The van der Waals surface area contributed by atoms with E-state index in [-0.39, 0.29) is 12.0 Å². The standard InChI is InChI=1S/C18H24N4O3/c1-13-10-16(25-20-13)18(23)22-8-9-24-15(12-22)5-4-14-6-7-19-17(11-14)21(2)3/h6-7,10-11,15H,4-5,8-9,12H2,1-3H3/t15-/m1/s1. The van der Waals surface area contributed by atoms with E-state index in [1.54, 1.807) is 17.9 Å². The molecule has 2 aromatic heterocycles. The van der Waals surface area contributed by atoms with Gasteiger partial charge in [-0.2, -0.15) is 0 Å². The molecule has 0 aliphatic carbocycles. The highest BCUT2D eigenvalue weighted by Gasteiger charge is 2.27. The number of aromatic nitrogens is 2. The molecule has 0 bridgehead atoms. The van der Waals surface area contributed by atoms with E-state index in [0.717, 1.165) is 18.7 Å². The fourth-order valence-electron chi connectivity index (χ4n) is 2.89. The molecule has 0 unspecified atom stereocenters. The van der Waals surface area contributed by atoms with Crippen molar-refractivity contribution in [2.75, 3.05) is 38.7 Å². The molecule has 0 spiro atoms. The summed E-state index contributed by atoms with van der Waals surface area (Å²) in [6.07, 6.45) is 3.60. The van der Waals surface area contributed by atoms with Crippen LogP contribution in [0.15, 0.2) is 28.9 Å². The van der Waals surface area contributed by atoms with E-state index < -0.39 is 0 Å². The zero-order chi connectivity index (χ0) is 17.8. The van der Waals surface area contributed by atoms with Crippen molar-refractivity contribution in [2.24, 2.45) is 0 Å². The number of amides is 1. The molecule has 0 aromatic carbocycles. The smallest absolute Gasteiger partial charge is 0.292 e. The zero-order valence-corrected chi connectivity index (χ0v) is 14.9. The summed E-state index contributed by atoms with van der Waals surface area (Å²) >= 11 is 0. The Morgan fingerprint density at radius 2 is 2.24 bits per heavy atom. The third-order valence-corrected chi connectivity index (χ3v) is 4.29. The Hall–Kier alpha value is -2.41. The number of carbonyl (C=O) groups excluding carboxylic acids is 1. The van der Waals surface area contributed by atoms with Gasteiger partial charge in [0.2, 0.25) is 5.76 Å². The molecule has 0 radical (unpaired) electrons. The molecule has 1 atom stereocenters. The highest BCUT2D eigenvalue weighted by molar-refractivity contribution is 5.91. The molecule has 1 aliphatic rings. The Morgan fingerprint density at radius 3 is 2.96 bits per heavy atom. The average Bonchev–Trinajstić information content (AvgIpc) is 3.06. The first kappa shape index (κ1) is 17.4. The van der Waals surface area contributed by atoms with Gasteiger partial charge >= 0.3 is 0 Å². The monoisotopic (exact) mass is 344 g/mol. The second kappa shape index (κ2) is 7.65.